The second kappa shape index (κ2) is 20.3. The van der Waals surface area contributed by atoms with Crippen LogP contribution in [0, 0.1) is 28.4 Å². The summed E-state index contributed by atoms with van der Waals surface area (Å²) in [6.45, 7) is 15.6. The molecule has 3 heterocycles. The molecule has 0 bridgehead atoms. The van der Waals surface area contributed by atoms with Crippen molar-refractivity contribution in [2.75, 3.05) is 62.7 Å². The number of aryl methyl sites for hydroxylation is 1. The van der Waals surface area contributed by atoms with Gasteiger partial charge in [0.1, 0.15) is 5.69 Å². The van der Waals surface area contributed by atoms with Gasteiger partial charge in [-0.2, -0.15) is 0 Å². The Balaban J connectivity index is 0.976. The Morgan fingerprint density at radius 2 is 1.85 bits per heavy atom. The molecular weight excluding hydrogens is 812 g/mol. The number of pyridine rings is 1. The van der Waals surface area contributed by atoms with Gasteiger partial charge in [-0.15, -0.1) is 0 Å². The minimum absolute atomic E-state index is 0.0584. The molecule has 0 amide bonds. The molecule has 1 spiro atoms. The third-order valence-electron chi connectivity index (χ3n) is 13.6. The summed E-state index contributed by atoms with van der Waals surface area (Å²) in [6, 6.07) is 22.9. The SMILES string of the molecule is C=C(NSc1ccc(NC[C@H]2CCCOC2)c([N+](=O)[O-])c1)c1ccc(N2CCN(CC3=C(c4ccc(Cl)cc4)CC4(CCC3)CCC4)CC2)cc1Cc1cnc(C)c(/C=C\C)c1. The highest BCUT2D eigenvalue weighted by molar-refractivity contribution is 7.97. The zero-order valence-electron chi connectivity index (χ0n) is 36.4. The fourth-order valence-corrected chi connectivity index (χ4v) is 10.6. The van der Waals surface area contributed by atoms with Gasteiger partial charge in [0.05, 0.1) is 11.5 Å². The van der Waals surface area contributed by atoms with Gasteiger partial charge >= 0.3 is 0 Å². The zero-order chi connectivity index (χ0) is 43.1. The monoisotopic (exact) mass is 872 g/mol. The van der Waals surface area contributed by atoms with Gasteiger partial charge in [0.2, 0.25) is 0 Å². The molecule has 1 saturated carbocycles. The molecule has 0 unspecified atom stereocenters. The molecule has 9 nitrogen and oxygen atoms in total. The van der Waals surface area contributed by atoms with Gasteiger partial charge in [-0.05, 0) is 165 Å². The van der Waals surface area contributed by atoms with E-state index in [9.17, 15) is 10.1 Å². The van der Waals surface area contributed by atoms with E-state index in [1.54, 1.807) is 23.3 Å². The molecule has 11 heteroatoms. The summed E-state index contributed by atoms with van der Waals surface area (Å²) in [7, 11) is 0. The van der Waals surface area contributed by atoms with Gasteiger partial charge in [0.25, 0.3) is 5.69 Å². The molecule has 2 aliphatic carbocycles. The molecule has 1 aromatic heterocycles. The van der Waals surface area contributed by atoms with Gasteiger partial charge in [0, 0.05) is 90.7 Å². The van der Waals surface area contributed by atoms with Crippen molar-refractivity contribution in [3.8, 4) is 0 Å². The lowest BCUT2D eigenvalue weighted by molar-refractivity contribution is -0.384. The summed E-state index contributed by atoms with van der Waals surface area (Å²) in [5, 5.41) is 16.3. The van der Waals surface area contributed by atoms with Gasteiger partial charge in [-0.1, -0.05) is 60.5 Å². The maximum absolute atomic E-state index is 12.2. The summed E-state index contributed by atoms with van der Waals surface area (Å²) < 4.78 is 9.04. The number of halogens is 1. The lowest BCUT2D eigenvalue weighted by Crippen LogP contribution is -2.47. The summed E-state index contributed by atoms with van der Waals surface area (Å²) in [4.78, 5) is 22.5. The predicted octanol–water partition coefficient (Wildman–Crippen LogP) is 12.0. The minimum Gasteiger partial charge on any atom is -0.381 e. The maximum atomic E-state index is 12.2. The number of hydrogen-bond acceptors (Lipinski definition) is 9. The number of hydrogen-bond donors (Lipinski definition) is 2. The van der Waals surface area contributed by atoms with E-state index in [-0.39, 0.29) is 10.6 Å². The molecule has 2 N–H and O–H groups in total. The first-order valence-electron chi connectivity index (χ1n) is 22.5. The van der Waals surface area contributed by atoms with Crippen LogP contribution in [0.15, 0.2) is 96.1 Å². The van der Waals surface area contributed by atoms with Crippen LogP contribution in [-0.4, -0.2) is 67.3 Å². The lowest BCUT2D eigenvalue weighted by atomic mass is 9.63. The molecule has 2 saturated heterocycles. The summed E-state index contributed by atoms with van der Waals surface area (Å²) in [6.07, 6.45) is 18.0. The quantitative estimate of drug-likeness (QED) is 0.0688. The number of aromatic nitrogens is 1. The first-order chi connectivity index (χ1) is 30.1. The highest BCUT2D eigenvalue weighted by atomic mass is 35.5. The molecule has 8 rings (SSSR count). The van der Waals surface area contributed by atoms with Crippen LogP contribution in [0.1, 0.15) is 98.2 Å². The molecule has 3 aromatic carbocycles. The van der Waals surface area contributed by atoms with E-state index in [1.165, 1.54) is 68.1 Å². The molecule has 326 valence electrons. The first-order valence-corrected chi connectivity index (χ1v) is 23.7. The third-order valence-corrected chi connectivity index (χ3v) is 14.6. The molecule has 0 radical (unpaired) electrons. The Morgan fingerprint density at radius 1 is 1.05 bits per heavy atom. The minimum atomic E-state index is -0.316. The number of ether oxygens (including phenoxy) is 1. The van der Waals surface area contributed by atoms with Crippen molar-refractivity contribution in [3.63, 3.8) is 0 Å². The highest BCUT2D eigenvalue weighted by Crippen LogP contribution is 2.53. The topological polar surface area (TPSA) is 95.8 Å². The van der Waals surface area contributed by atoms with Crippen LogP contribution in [0.2, 0.25) is 5.02 Å². The summed E-state index contributed by atoms with van der Waals surface area (Å²) >= 11 is 7.69. The number of nitrogens with one attached hydrogen (secondary N) is 2. The van der Waals surface area contributed by atoms with Crippen molar-refractivity contribution in [1.29, 1.82) is 0 Å². The molecule has 3 fully saturated rings. The van der Waals surface area contributed by atoms with Crippen molar-refractivity contribution < 1.29 is 9.66 Å². The standard InChI is InChI=1S/C51H61ClN6O3S/c1-4-8-41-27-39(33-53-36(41)2)28-43-29-45(15-17-47(43)37(3)55-62-46-16-18-49(50(30-46)58(59)60)54-32-38-9-6-26-61-35-38)57-24-22-56(23-25-57)34-42-10-5-19-51(20-7-21-51)31-48(42)40-11-13-44(52)14-12-40/h4,8,11-18,27,29-30,33,38,54-55H,3,5-7,9-10,19-26,28,31-32,34-35H2,1-2H3/b8-4-/t38-/m1/s1. The van der Waals surface area contributed by atoms with Gasteiger partial charge in [-0.25, -0.2) is 0 Å². The zero-order valence-corrected chi connectivity index (χ0v) is 38.0. The van der Waals surface area contributed by atoms with E-state index in [0.29, 0.717) is 36.6 Å². The van der Waals surface area contributed by atoms with Crippen molar-refractivity contribution in [3.05, 3.63) is 140 Å². The van der Waals surface area contributed by atoms with Crippen LogP contribution >= 0.6 is 23.5 Å². The van der Waals surface area contributed by atoms with Crippen molar-refractivity contribution in [2.45, 2.75) is 83.0 Å². The Bertz CT molecular complexity index is 2290. The number of anilines is 2. The number of nitro benzene ring substituents is 1. The molecule has 62 heavy (non-hydrogen) atoms. The Morgan fingerprint density at radius 3 is 2.58 bits per heavy atom. The second-order valence-electron chi connectivity index (χ2n) is 17.9. The van der Waals surface area contributed by atoms with Gasteiger partial charge in [-0.3, -0.25) is 20.0 Å². The maximum Gasteiger partial charge on any atom is 0.293 e. The molecule has 1 atom stereocenters. The smallest absolute Gasteiger partial charge is 0.293 e. The average Bonchev–Trinajstić information content (AvgIpc) is 3.47. The molecule has 4 aromatic rings. The van der Waals surface area contributed by atoms with Crippen molar-refractivity contribution in [2.24, 2.45) is 11.3 Å². The van der Waals surface area contributed by atoms with E-state index < -0.39 is 0 Å². The van der Waals surface area contributed by atoms with Crippen LogP contribution in [0.25, 0.3) is 17.3 Å². The van der Waals surface area contributed by atoms with Gasteiger partial charge < -0.3 is 19.7 Å². The van der Waals surface area contributed by atoms with Crippen LogP contribution in [0.5, 0.6) is 0 Å². The largest absolute Gasteiger partial charge is 0.381 e. The molecular formula is C51H61ClN6O3S. The number of rotatable bonds is 15. The van der Waals surface area contributed by atoms with Crippen molar-refractivity contribution >= 4 is 58.0 Å². The first kappa shape index (κ1) is 44.0. The van der Waals surface area contributed by atoms with E-state index in [0.717, 1.165) is 95.7 Å². The Labute approximate surface area is 377 Å². The summed E-state index contributed by atoms with van der Waals surface area (Å²) in [5.74, 6) is 0.348. The van der Waals surface area contributed by atoms with Crippen LogP contribution in [0.4, 0.5) is 17.1 Å². The van der Waals surface area contributed by atoms with E-state index in [4.69, 9.17) is 21.3 Å². The molecule has 2 aliphatic heterocycles. The summed E-state index contributed by atoms with van der Waals surface area (Å²) in [5.41, 5.74) is 13.0. The van der Waals surface area contributed by atoms with E-state index in [2.05, 4.69) is 87.1 Å². The number of piperazine rings is 1. The fourth-order valence-electron chi connectivity index (χ4n) is 9.84. The van der Waals surface area contributed by atoms with Gasteiger partial charge in [0.15, 0.2) is 0 Å². The third kappa shape index (κ3) is 10.8. The number of nitrogens with zero attached hydrogens (tertiary/aromatic N) is 4. The fraction of sp³-hybridized carbons (Fsp3) is 0.431. The highest BCUT2D eigenvalue weighted by Gasteiger charge is 2.39. The normalized spacial score (nSPS) is 19.3. The van der Waals surface area contributed by atoms with Crippen molar-refractivity contribution in [1.82, 2.24) is 14.6 Å². The second-order valence-corrected chi connectivity index (χ2v) is 19.2. The predicted molar refractivity (Wildman–Crippen MR) is 258 cm³/mol. The molecule has 4 aliphatic rings. The van der Waals surface area contributed by atoms with E-state index >= 15 is 0 Å². The van der Waals surface area contributed by atoms with E-state index in [1.807, 2.05) is 26.1 Å². The number of allylic oxidation sites excluding steroid dienone is 2. The van der Waals surface area contributed by atoms with Crippen LogP contribution in [0.3, 0.4) is 0 Å². The van der Waals surface area contributed by atoms with Crippen LogP contribution < -0.4 is 14.9 Å². The number of benzene rings is 3. The average molecular weight is 874 g/mol. The Kier molecular flexibility index (Phi) is 14.4. The number of nitro groups is 1. The lowest BCUT2D eigenvalue weighted by Gasteiger charge is -2.42. The Hall–Kier alpha value is -4.61. The van der Waals surface area contributed by atoms with Crippen LogP contribution in [-0.2, 0) is 11.2 Å².